The van der Waals surface area contributed by atoms with Crippen LogP contribution in [0.15, 0.2) is 54.6 Å². The van der Waals surface area contributed by atoms with Crippen LogP contribution in [-0.2, 0) is 16.2 Å². The maximum atomic E-state index is 12.3. The van der Waals surface area contributed by atoms with E-state index in [9.17, 15) is 9.59 Å². The molecule has 1 saturated carbocycles. The van der Waals surface area contributed by atoms with Gasteiger partial charge in [-0.2, -0.15) is 0 Å². The fraction of sp³-hybridized carbons (Fsp3) is 0.364. The Labute approximate surface area is 159 Å². The standard InChI is InChI=1S/C22H25NO4/c1-14(22(25)26)15(2)23-21(24)20-12-19(20)17-8-10-18(11-9-17)27-13-16-6-4-3-5-7-16/h3-11,14-15,19-20H,12-13H2,1-2H3,(H,23,24)(H,25,26). The molecule has 4 atom stereocenters. The third-order valence-corrected chi connectivity index (χ3v) is 5.19. The van der Waals surface area contributed by atoms with Gasteiger partial charge in [0.2, 0.25) is 5.91 Å². The molecule has 1 amide bonds. The molecule has 142 valence electrons. The van der Waals surface area contributed by atoms with E-state index in [2.05, 4.69) is 5.32 Å². The van der Waals surface area contributed by atoms with Crippen LogP contribution >= 0.6 is 0 Å². The van der Waals surface area contributed by atoms with Crippen LogP contribution in [0.2, 0.25) is 0 Å². The highest BCUT2D eigenvalue weighted by atomic mass is 16.5. The average molecular weight is 367 g/mol. The minimum Gasteiger partial charge on any atom is -0.489 e. The van der Waals surface area contributed by atoms with E-state index in [0.29, 0.717) is 6.61 Å². The van der Waals surface area contributed by atoms with Crippen molar-refractivity contribution < 1.29 is 19.4 Å². The molecule has 0 aliphatic heterocycles. The molecule has 5 nitrogen and oxygen atoms in total. The van der Waals surface area contributed by atoms with Crippen molar-refractivity contribution in [3.05, 3.63) is 65.7 Å². The highest BCUT2D eigenvalue weighted by molar-refractivity contribution is 5.84. The first-order chi connectivity index (χ1) is 13.0. The number of carboxylic acids is 1. The summed E-state index contributed by atoms with van der Waals surface area (Å²) in [5.41, 5.74) is 2.23. The van der Waals surface area contributed by atoms with Crippen LogP contribution in [-0.4, -0.2) is 23.0 Å². The van der Waals surface area contributed by atoms with Crippen molar-refractivity contribution in [3.8, 4) is 5.75 Å². The zero-order chi connectivity index (χ0) is 19.4. The summed E-state index contributed by atoms with van der Waals surface area (Å²) in [6.07, 6.45) is 0.796. The first-order valence-corrected chi connectivity index (χ1v) is 9.25. The summed E-state index contributed by atoms with van der Waals surface area (Å²) in [5.74, 6) is -0.656. The van der Waals surface area contributed by atoms with Gasteiger partial charge in [-0.15, -0.1) is 0 Å². The van der Waals surface area contributed by atoms with Crippen LogP contribution in [0, 0.1) is 11.8 Å². The van der Waals surface area contributed by atoms with Gasteiger partial charge < -0.3 is 15.2 Å². The second kappa shape index (κ2) is 8.25. The van der Waals surface area contributed by atoms with Crippen molar-refractivity contribution in [2.24, 2.45) is 11.8 Å². The lowest BCUT2D eigenvalue weighted by molar-refractivity contribution is -0.142. The van der Waals surface area contributed by atoms with Crippen molar-refractivity contribution in [1.29, 1.82) is 0 Å². The molecule has 2 aromatic carbocycles. The van der Waals surface area contributed by atoms with Gasteiger partial charge in [0.05, 0.1) is 5.92 Å². The molecule has 5 heteroatoms. The number of carboxylic acid groups (broad SMARTS) is 1. The van der Waals surface area contributed by atoms with Crippen molar-refractivity contribution in [2.45, 2.75) is 38.8 Å². The summed E-state index contributed by atoms with van der Waals surface area (Å²) in [5, 5.41) is 11.9. The first kappa shape index (κ1) is 19.0. The Morgan fingerprint density at radius 2 is 1.78 bits per heavy atom. The van der Waals surface area contributed by atoms with Crippen LogP contribution in [0.1, 0.15) is 37.3 Å². The summed E-state index contributed by atoms with van der Waals surface area (Å²) in [6, 6.07) is 17.5. The van der Waals surface area contributed by atoms with Crippen molar-refractivity contribution in [3.63, 3.8) is 0 Å². The van der Waals surface area contributed by atoms with E-state index in [1.54, 1.807) is 13.8 Å². The molecular weight excluding hydrogens is 342 g/mol. The first-order valence-electron chi connectivity index (χ1n) is 9.25. The molecule has 1 aliphatic carbocycles. The number of carbonyl (C=O) groups excluding carboxylic acids is 1. The van der Waals surface area contributed by atoms with Gasteiger partial charge in [-0.1, -0.05) is 42.5 Å². The summed E-state index contributed by atoms with van der Waals surface area (Å²) in [4.78, 5) is 23.3. The smallest absolute Gasteiger partial charge is 0.308 e. The third-order valence-electron chi connectivity index (χ3n) is 5.19. The van der Waals surface area contributed by atoms with Crippen molar-refractivity contribution in [2.75, 3.05) is 0 Å². The van der Waals surface area contributed by atoms with Gasteiger partial charge in [-0.05, 0) is 49.4 Å². The van der Waals surface area contributed by atoms with Gasteiger partial charge in [0, 0.05) is 12.0 Å². The quantitative estimate of drug-likeness (QED) is 0.748. The predicted molar refractivity (Wildman–Crippen MR) is 102 cm³/mol. The van der Waals surface area contributed by atoms with Crippen LogP contribution in [0.25, 0.3) is 0 Å². The van der Waals surface area contributed by atoms with Gasteiger partial charge in [0.1, 0.15) is 12.4 Å². The molecule has 1 aliphatic rings. The minimum absolute atomic E-state index is 0.0648. The number of aliphatic carboxylic acids is 1. The normalized spacial score (nSPS) is 20.4. The van der Waals surface area contributed by atoms with Gasteiger partial charge in [0.25, 0.3) is 0 Å². The molecule has 2 aromatic rings. The molecule has 0 heterocycles. The number of nitrogens with one attached hydrogen (secondary N) is 1. The summed E-state index contributed by atoms with van der Waals surface area (Å²) >= 11 is 0. The predicted octanol–water partition coefficient (Wildman–Crippen LogP) is 3.59. The molecule has 0 spiro atoms. The maximum absolute atomic E-state index is 12.3. The van der Waals surface area contributed by atoms with Gasteiger partial charge in [-0.25, -0.2) is 0 Å². The summed E-state index contributed by atoms with van der Waals surface area (Å²) in [7, 11) is 0. The second-order valence-electron chi connectivity index (χ2n) is 7.22. The number of benzene rings is 2. The van der Waals surface area contributed by atoms with Crippen LogP contribution < -0.4 is 10.1 Å². The highest BCUT2D eigenvalue weighted by Gasteiger charge is 2.44. The number of hydrogen-bond donors (Lipinski definition) is 2. The number of ether oxygens (including phenoxy) is 1. The molecule has 0 saturated heterocycles. The topological polar surface area (TPSA) is 75.6 Å². The van der Waals surface area contributed by atoms with Gasteiger partial charge in [0.15, 0.2) is 0 Å². The molecule has 0 radical (unpaired) electrons. The molecule has 3 rings (SSSR count). The Morgan fingerprint density at radius 3 is 2.41 bits per heavy atom. The molecule has 27 heavy (non-hydrogen) atoms. The van der Waals surface area contributed by atoms with Gasteiger partial charge in [-0.3, -0.25) is 9.59 Å². The Balaban J connectivity index is 1.50. The van der Waals surface area contributed by atoms with Crippen LogP contribution in [0.4, 0.5) is 0 Å². The second-order valence-corrected chi connectivity index (χ2v) is 7.22. The summed E-state index contributed by atoms with van der Waals surface area (Å²) in [6.45, 7) is 3.85. The zero-order valence-electron chi connectivity index (χ0n) is 15.6. The van der Waals surface area contributed by atoms with E-state index >= 15 is 0 Å². The van der Waals surface area contributed by atoms with E-state index in [-0.39, 0.29) is 23.8 Å². The minimum atomic E-state index is -0.902. The molecule has 1 fully saturated rings. The average Bonchev–Trinajstić information content (AvgIpc) is 3.48. The SMILES string of the molecule is CC(NC(=O)C1CC1c1ccc(OCc2ccccc2)cc1)C(C)C(=O)O. The highest BCUT2D eigenvalue weighted by Crippen LogP contribution is 2.47. The number of rotatable bonds is 8. The number of amides is 1. The molecule has 0 bridgehead atoms. The Bertz CT molecular complexity index is 788. The maximum Gasteiger partial charge on any atom is 0.308 e. The fourth-order valence-corrected chi connectivity index (χ4v) is 3.08. The van der Waals surface area contributed by atoms with Crippen molar-refractivity contribution in [1.82, 2.24) is 5.32 Å². The zero-order valence-corrected chi connectivity index (χ0v) is 15.6. The monoisotopic (exact) mass is 367 g/mol. The summed E-state index contributed by atoms with van der Waals surface area (Å²) < 4.78 is 5.79. The number of hydrogen-bond acceptors (Lipinski definition) is 3. The van der Waals surface area contributed by atoms with E-state index in [1.165, 1.54) is 0 Å². The van der Waals surface area contributed by atoms with E-state index < -0.39 is 11.9 Å². The largest absolute Gasteiger partial charge is 0.489 e. The van der Waals surface area contributed by atoms with E-state index in [0.717, 1.165) is 23.3 Å². The number of carbonyl (C=O) groups is 2. The molecule has 2 N–H and O–H groups in total. The molecular formula is C22H25NO4. The third kappa shape index (κ3) is 4.88. The Hall–Kier alpha value is -2.82. The van der Waals surface area contributed by atoms with E-state index in [1.807, 2.05) is 54.6 Å². The van der Waals surface area contributed by atoms with Crippen LogP contribution in [0.5, 0.6) is 5.75 Å². The lowest BCUT2D eigenvalue weighted by atomic mass is 10.0. The lowest BCUT2D eigenvalue weighted by Gasteiger charge is -2.17. The molecule has 0 aromatic heterocycles. The Morgan fingerprint density at radius 1 is 1.11 bits per heavy atom. The van der Waals surface area contributed by atoms with Crippen LogP contribution in [0.3, 0.4) is 0 Å². The van der Waals surface area contributed by atoms with E-state index in [4.69, 9.17) is 9.84 Å². The Kier molecular flexibility index (Phi) is 5.79. The van der Waals surface area contributed by atoms with Gasteiger partial charge >= 0.3 is 5.97 Å². The lowest BCUT2D eigenvalue weighted by Crippen LogP contribution is -2.40. The fourth-order valence-electron chi connectivity index (χ4n) is 3.08. The molecule has 4 unspecified atom stereocenters. The van der Waals surface area contributed by atoms with Crippen molar-refractivity contribution >= 4 is 11.9 Å².